The SMILES string of the molecule is O=C(c1ccc(NCc2ccccn2)cn1)N1CCN(c2ccccc2F)CC1. The van der Waals surface area contributed by atoms with Gasteiger partial charge in [-0.05, 0) is 36.4 Å². The molecule has 0 spiro atoms. The van der Waals surface area contributed by atoms with Crippen LogP contribution in [0.2, 0.25) is 0 Å². The molecule has 4 rings (SSSR count). The van der Waals surface area contributed by atoms with E-state index in [0.717, 1.165) is 11.4 Å². The molecule has 1 saturated heterocycles. The van der Waals surface area contributed by atoms with Gasteiger partial charge in [-0.3, -0.25) is 9.78 Å². The number of aromatic nitrogens is 2. The van der Waals surface area contributed by atoms with Crippen molar-refractivity contribution in [2.45, 2.75) is 6.54 Å². The van der Waals surface area contributed by atoms with Crippen LogP contribution in [0.1, 0.15) is 16.2 Å². The number of amides is 1. The lowest BCUT2D eigenvalue weighted by Gasteiger charge is -2.36. The summed E-state index contributed by atoms with van der Waals surface area (Å²) >= 11 is 0. The molecule has 3 heterocycles. The van der Waals surface area contributed by atoms with Gasteiger partial charge in [0.25, 0.3) is 5.91 Å². The molecule has 2 aromatic heterocycles. The summed E-state index contributed by atoms with van der Waals surface area (Å²) < 4.78 is 14.0. The number of hydrogen-bond donors (Lipinski definition) is 1. The quantitative estimate of drug-likeness (QED) is 0.724. The third-order valence-corrected chi connectivity index (χ3v) is 4.94. The summed E-state index contributed by atoms with van der Waals surface area (Å²) in [6.07, 6.45) is 3.41. The Bertz CT molecular complexity index is 956. The van der Waals surface area contributed by atoms with Crippen LogP contribution in [-0.4, -0.2) is 47.0 Å². The molecule has 0 unspecified atom stereocenters. The molecule has 1 aliphatic heterocycles. The van der Waals surface area contributed by atoms with Gasteiger partial charge in [-0.2, -0.15) is 0 Å². The van der Waals surface area contributed by atoms with Gasteiger partial charge in [-0.15, -0.1) is 0 Å². The van der Waals surface area contributed by atoms with Crippen LogP contribution in [-0.2, 0) is 6.54 Å². The maximum atomic E-state index is 14.0. The number of benzene rings is 1. The maximum Gasteiger partial charge on any atom is 0.272 e. The third-order valence-electron chi connectivity index (χ3n) is 4.94. The number of nitrogens with zero attached hydrogens (tertiary/aromatic N) is 4. The molecule has 6 nitrogen and oxygen atoms in total. The molecule has 1 N–H and O–H groups in total. The number of hydrogen-bond acceptors (Lipinski definition) is 5. The van der Waals surface area contributed by atoms with Crippen LogP contribution in [0.4, 0.5) is 15.8 Å². The summed E-state index contributed by atoms with van der Waals surface area (Å²) in [5.74, 6) is -0.336. The zero-order valence-corrected chi connectivity index (χ0v) is 16.0. The Morgan fingerprint density at radius 3 is 2.45 bits per heavy atom. The number of nitrogens with one attached hydrogen (secondary N) is 1. The average molecular weight is 391 g/mol. The Morgan fingerprint density at radius 2 is 1.76 bits per heavy atom. The first-order valence-electron chi connectivity index (χ1n) is 9.59. The minimum atomic E-state index is -0.234. The van der Waals surface area contributed by atoms with Gasteiger partial charge < -0.3 is 15.1 Å². The molecule has 0 bridgehead atoms. The van der Waals surface area contributed by atoms with Crippen molar-refractivity contribution >= 4 is 17.3 Å². The predicted molar refractivity (Wildman–Crippen MR) is 110 cm³/mol. The second-order valence-corrected chi connectivity index (χ2v) is 6.84. The number of para-hydroxylation sites is 1. The second kappa shape index (κ2) is 8.68. The van der Waals surface area contributed by atoms with Gasteiger partial charge in [0.05, 0.1) is 29.8 Å². The third kappa shape index (κ3) is 4.51. The van der Waals surface area contributed by atoms with Crippen molar-refractivity contribution in [3.05, 3.63) is 84.2 Å². The first kappa shape index (κ1) is 18.9. The summed E-state index contributed by atoms with van der Waals surface area (Å²) in [6, 6.07) is 16.1. The van der Waals surface area contributed by atoms with Gasteiger partial charge in [0.15, 0.2) is 0 Å². The molecule has 148 valence electrons. The summed E-state index contributed by atoms with van der Waals surface area (Å²) in [4.78, 5) is 25.0. The van der Waals surface area contributed by atoms with Gasteiger partial charge in [-0.25, -0.2) is 9.37 Å². The highest BCUT2D eigenvalue weighted by molar-refractivity contribution is 5.92. The van der Waals surface area contributed by atoms with Crippen molar-refractivity contribution in [2.24, 2.45) is 0 Å². The molecule has 7 heteroatoms. The fraction of sp³-hybridized carbons (Fsp3) is 0.227. The Hall–Kier alpha value is -3.48. The van der Waals surface area contributed by atoms with E-state index in [-0.39, 0.29) is 11.7 Å². The van der Waals surface area contributed by atoms with E-state index in [2.05, 4.69) is 15.3 Å². The first-order valence-corrected chi connectivity index (χ1v) is 9.59. The fourth-order valence-electron chi connectivity index (χ4n) is 3.34. The van der Waals surface area contributed by atoms with Crippen LogP contribution in [0.25, 0.3) is 0 Å². The summed E-state index contributed by atoms with van der Waals surface area (Å²) in [5, 5.41) is 3.24. The normalized spacial score (nSPS) is 14.0. The van der Waals surface area contributed by atoms with Crippen LogP contribution < -0.4 is 10.2 Å². The topological polar surface area (TPSA) is 61.4 Å². The Labute approximate surface area is 169 Å². The number of piperazine rings is 1. The lowest BCUT2D eigenvalue weighted by Crippen LogP contribution is -2.49. The largest absolute Gasteiger partial charge is 0.378 e. The van der Waals surface area contributed by atoms with Crippen LogP contribution in [0.3, 0.4) is 0 Å². The summed E-state index contributed by atoms with van der Waals surface area (Å²) in [6.45, 7) is 2.85. The average Bonchev–Trinajstić information content (AvgIpc) is 2.79. The molecule has 0 atom stereocenters. The van der Waals surface area contributed by atoms with E-state index < -0.39 is 0 Å². The molecule has 29 heavy (non-hydrogen) atoms. The van der Waals surface area contributed by atoms with Crippen molar-refractivity contribution in [1.82, 2.24) is 14.9 Å². The number of anilines is 2. The van der Waals surface area contributed by atoms with E-state index in [1.54, 1.807) is 35.5 Å². The minimum absolute atomic E-state index is 0.102. The zero-order chi connectivity index (χ0) is 20.1. The molecule has 0 saturated carbocycles. The Kier molecular flexibility index (Phi) is 5.65. The number of pyridine rings is 2. The zero-order valence-electron chi connectivity index (χ0n) is 16.0. The lowest BCUT2D eigenvalue weighted by atomic mass is 10.2. The Morgan fingerprint density at radius 1 is 0.966 bits per heavy atom. The number of halogens is 1. The molecular formula is C22H22FN5O. The molecule has 1 amide bonds. The lowest BCUT2D eigenvalue weighted by molar-refractivity contribution is 0.0741. The van der Waals surface area contributed by atoms with Gasteiger partial charge in [0, 0.05) is 32.4 Å². The summed E-state index contributed by atoms with van der Waals surface area (Å²) in [5.41, 5.74) is 2.76. The van der Waals surface area contributed by atoms with Crippen LogP contribution >= 0.6 is 0 Å². The molecule has 3 aromatic rings. The van der Waals surface area contributed by atoms with Crippen LogP contribution in [0.15, 0.2) is 67.0 Å². The standard InChI is InChI=1S/C22H22FN5O/c23-19-6-1-2-7-21(19)27-11-13-28(14-12-27)22(29)20-9-8-18(16-26-20)25-15-17-5-3-4-10-24-17/h1-10,16,25H,11-15H2. The van der Waals surface area contributed by atoms with E-state index in [4.69, 9.17) is 0 Å². The molecule has 0 radical (unpaired) electrons. The highest BCUT2D eigenvalue weighted by atomic mass is 19.1. The smallest absolute Gasteiger partial charge is 0.272 e. The second-order valence-electron chi connectivity index (χ2n) is 6.84. The highest BCUT2D eigenvalue weighted by Crippen LogP contribution is 2.20. The first-order chi connectivity index (χ1) is 14.2. The van der Waals surface area contributed by atoms with Crippen molar-refractivity contribution in [3.8, 4) is 0 Å². The minimum Gasteiger partial charge on any atom is -0.378 e. The number of carbonyl (C=O) groups is 1. The van der Waals surface area contributed by atoms with Crippen molar-refractivity contribution in [2.75, 3.05) is 36.4 Å². The van der Waals surface area contributed by atoms with E-state index in [1.807, 2.05) is 35.2 Å². The maximum absolute atomic E-state index is 14.0. The van der Waals surface area contributed by atoms with Gasteiger partial charge in [-0.1, -0.05) is 18.2 Å². The molecule has 1 aromatic carbocycles. The molecular weight excluding hydrogens is 369 g/mol. The number of rotatable bonds is 5. The van der Waals surface area contributed by atoms with Crippen molar-refractivity contribution < 1.29 is 9.18 Å². The fourth-order valence-corrected chi connectivity index (χ4v) is 3.34. The van der Waals surface area contributed by atoms with E-state index in [0.29, 0.717) is 44.1 Å². The number of carbonyl (C=O) groups excluding carboxylic acids is 1. The molecule has 1 aliphatic rings. The van der Waals surface area contributed by atoms with Crippen LogP contribution in [0, 0.1) is 5.82 Å². The van der Waals surface area contributed by atoms with Crippen LogP contribution in [0.5, 0.6) is 0 Å². The monoisotopic (exact) mass is 391 g/mol. The van der Waals surface area contributed by atoms with Crippen molar-refractivity contribution in [3.63, 3.8) is 0 Å². The van der Waals surface area contributed by atoms with E-state index >= 15 is 0 Å². The van der Waals surface area contributed by atoms with E-state index in [1.165, 1.54) is 6.07 Å². The van der Waals surface area contributed by atoms with Gasteiger partial charge in [0.1, 0.15) is 11.5 Å². The van der Waals surface area contributed by atoms with E-state index in [9.17, 15) is 9.18 Å². The Balaban J connectivity index is 1.32. The summed E-state index contributed by atoms with van der Waals surface area (Å²) in [7, 11) is 0. The molecule has 0 aliphatic carbocycles. The van der Waals surface area contributed by atoms with Gasteiger partial charge in [0.2, 0.25) is 0 Å². The molecule has 1 fully saturated rings. The van der Waals surface area contributed by atoms with Crippen molar-refractivity contribution in [1.29, 1.82) is 0 Å². The highest BCUT2D eigenvalue weighted by Gasteiger charge is 2.24. The predicted octanol–water partition coefficient (Wildman–Crippen LogP) is 3.19. The van der Waals surface area contributed by atoms with Gasteiger partial charge >= 0.3 is 0 Å².